The molecule has 0 radical (unpaired) electrons. The molecule has 0 aliphatic carbocycles. The van der Waals surface area contributed by atoms with Crippen LogP contribution in [0.3, 0.4) is 0 Å². The normalized spacial score (nSPS) is 18.7. The summed E-state index contributed by atoms with van der Waals surface area (Å²) in [4.78, 5) is 15.4. The summed E-state index contributed by atoms with van der Waals surface area (Å²) in [5, 5.41) is 0. The molecule has 0 atom stereocenters. The Hall–Kier alpha value is -1.01. The first-order valence-corrected chi connectivity index (χ1v) is 5.15. The maximum Gasteiger partial charge on any atom is 0.219 e. The monoisotopic (exact) mass is 194 g/mol. The van der Waals surface area contributed by atoms with Crippen LogP contribution >= 0.6 is 0 Å². The lowest BCUT2D eigenvalue weighted by Crippen LogP contribution is -2.33. The molecular formula is C11H18N2O. The second-order valence-electron chi connectivity index (χ2n) is 3.66. The lowest BCUT2D eigenvalue weighted by molar-refractivity contribution is -0.128. The number of nitrogens with zero attached hydrogens (tertiary/aromatic N) is 2. The van der Waals surface area contributed by atoms with Crippen LogP contribution in [0.2, 0.25) is 0 Å². The van der Waals surface area contributed by atoms with Crippen molar-refractivity contribution < 1.29 is 4.79 Å². The molecule has 0 N–H and O–H groups in total. The predicted molar refractivity (Wildman–Crippen MR) is 56.8 cm³/mol. The number of rotatable bonds is 2. The van der Waals surface area contributed by atoms with Gasteiger partial charge >= 0.3 is 0 Å². The zero-order valence-corrected chi connectivity index (χ0v) is 8.83. The van der Waals surface area contributed by atoms with Gasteiger partial charge in [0.2, 0.25) is 5.91 Å². The van der Waals surface area contributed by atoms with Crippen molar-refractivity contribution >= 4 is 5.91 Å². The van der Waals surface area contributed by atoms with Gasteiger partial charge in [-0.1, -0.05) is 0 Å². The average molecular weight is 194 g/mol. The molecule has 0 bridgehead atoms. The first kappa shape index (κ1) is 11.1. The zero-order valence-electron chi connectivity index (χ0n) is 8.83. The van der Waals surface area contributed by atoms with E-state index in [9.17, 15) is 4.79 Å². The number of hydrogen-bond acceptors (Lipinski definition) is 2. The molecule has 1 saturated heterocycles. The summed E-state index contributed by atoms with van der Waals surface area (Å²) in [5.41, 5.74) is 0. The highest BCUT2D eigenvalue weighted by Gasteiger charge is 2.15. The van der Waals surface area contributed by atoms with Crippen LogP contribution in [-0.2, 0) is 4.79 Å². The maximum absolute atomic E-state index is 11.1. The summed E-state index contributed by atoms with van der Waals surface area (Å²) in [6.45, 7) is 6.36. The largest absolute Gasteiger partial charge is 0.342 e. The molecule has 3 heteroatoms. The van der Waals surface area contributed by atoms with Gasteiger partial charge in [0.15, 0.2) is 0 Å². The van der Waals surface area contributed by atoms with Crippen molar-refractivity contribution in [3.05, 3.63) is 0 Å². The fourth-order valence-corrected chi connectivity index (χ4v) is 1.73. The van der Waals surface area contributed by atoms with E-state index < -0.39 is 0 Å². The molecule has 78 valence electrons. The van der Waals surface area contributed by atoms with Crippen molar-refractivity contribution in [1.82, 2.24) is 9.80 Å². The van der Waals surface area contributed by atoms with Gasteiger partial charge in [0, 0.05) is 39.5 Å². The number of hydrogen-bond donors (Lipinski definition) is 0. The van der Waals surface area contributed by atoms with E-state index in [0.29, 0.717) is 0 Å². The summed E-state index contributed by atoms with van der Waals surface area (Å²) >= 11 is 0. The van der Waals surface area contributed by atoms with Gasteiger partial charge in [-0.3, -0.25) is 4.79 Å². The van der Waals surface area contributed by atoms with Gasteiger partial charge in [0.25, 0.3) is 0 Å². The van der Waals surface area contributed by atoms with Crippen LogP contribution in [0.4, 0.5) is 0 Å². The first-order valence-electron chi connectivity index (χ1n) is 5.15. The van der Waals surface area contributed by atoms with Gasteiger partial charge in [-0.2, -0.15) is 0 Å². The highest BCUT2D eigenvalue weighted by atomic mass is 16.2. The SMILES string of the molecule is C#CCCN1CCCN(C(C)=O)CC1. The standard InChI is InChI=1S/C11H18N2O/c1-3-4-6-12-7-5-8-13(10-9-12)11(2)14/h1H,4-10H2,2H3. The number of carbonyl (C=O) groups excluding carboxylic acids is 1. The van der Waals surface area contributed by atoms with Crippen molar-refractivity contribution in [1.29, 1.82) is 0 Å². The van der Waals surface area contributed by atoms with Crippen molar-refractivity contribution in [2.75, 3.05) is 32.7 Å². The van der Waals surface area contributed by atoms with E-state index in [0.717, 1.165) is 45.6 Å². The third-order valence-electron chi connectivity index (χ3n) is 2.61. The summed E-state index contributed by atoms with van der Waals surface area (Å²) in [7, 11) is 0. The maximum atomic E-state index is 11.1. The van der Waals surface area contributed by atoms with E-state index in [1.165, 1.54) is 0 Å². The Kier molecular flexibility index (Phi) is 4.48. The molecule has 0 aromatic carbocycles. The molecular weight excluding hydrogens is 176 g/mol. The van der Waals surface area contributed by atoms with E-state index in [-0.39, 0.29) is 5.91 Å². The van der Waals surface area contributed by atoms with Crippen LogP contribution in [0.15, 0.2) is 0 Å². The van der Waals surface area contributed by atoms with E-state index in [4.69, 9.17) is 6.42 Å². The predicted octanol–water partition coefficient (Wildman–Crippen LogP) is 0.564. The molecule has 1 aliphatic heterocycles. The topological polar surface area (TPSA) is 23.6 Å². The van der Waals surface area contributed by atoms with Crippen LogP contribution in [0.25, 0.3) is 0 Å². The molecule has 14 heavy (non-hydrogen) atoms. The summed E-state index contributed by atoms with van der Waals surface area (Å²) < 4.78 is 0. The summed E-state index contributed by atoms with van der Waals surface area (Å²) in [5.74, 6) is 2.83. The van der Waals surface area contributed by atoms with Gasteiger partial charge in [-0.05, 0) is 13.0 Å². The van der Waals surface area contributed by atoms with Gasteiger partial charge in [0.05, 0.1) is 0 Å². The molecule has 0 aromatic heterocycles. The molecule has 0 spiro atoms. The zero-order chi connectivity index (χ0) is 10.4. The molecule has 1 rings (SSSR count). The van der Waals surface area contributed by atoms with E-state index in [1.54, 1.807) is 6.92 Å². The Morgan fingerprint density at radius 1 is 1.36 bits per heavy atom. The molecule has 0 aromatic rings. The third kappa shape index (κ3) is 3.39. The lowest BCUT2D eigenvalue weighted by atomic mass is 10.3. The average Bonchev–Trinajstić information content (AvgIpc) is 2.39. The molecule has 0 unspecified atom stereocenters. The molecule has 3 nitrogen and oxygen atoms in total. The lowest BCUT2D eigenvalue weighted by Gasteiger charge is -2.20. The second-order valence-corrected chi connectivity index (χ2v) is 3.66. The molecule has 1 aliphatic rings. The van der Waals surface area contributed by atoms with Crippen molar-refractivity contribution in [2.45, 2.75) is 19.8 Å². The fraction of sp³-hybridized carbons (Fsp3) is 0.727. The number of carbonyl (C=O) groups is 1. The highest BCUT2D eigenvalue weighted by molar-refractivity contribution is 5.73. The Bertz CT molecular complexity index is 232. The van der Waals surface area contributed by atoms with Crippen LogP contribution < -0.4 is 0 Å². The minimum atomic E-state index is 0.184. The fourth-order valence-electron chi connectivity index (χ4n) is 1.73. The summed E-state index contributed by atoms with van der Waals surface area (Å²) in [6, 6.07) is 0. The molecule has 1 heterocycles. The van der Waals surface area contributed by atoms with Gasteiger partial charge in [0.1, 0.15) is 0 Å². The minimum Gasteiger partial charge on any atom is -0.342 e. The Balaban J connectivity index is 2.33. The quantitative estimate of drug-likeness (QED) is 0.600. The van der Waals surface area contributed by atoms with Crippen molar-refractivity contribution in [3.63, 3.8) is 0 Å². The smallest absolute Gasteiger partial charge is 0.219 e. The third-order valence-corrected chi connectivity index (χ3v) is 2.61. The van der Waals surface area contributed by atoms with Gasteiger partial charge in [-0.25, -0.2) is 0 Å². The Morgan fingerprint density at radius 2 is 2.14 bits per heavy atom. The van der Waals surface area contributed by atoms with Crippen LogP contribution in [-0.4, -0.2) is 48.4 Å². The minimum absolute atomic E-state index is 0.184. The van der Waals surface area contributed by atoms with Crippen LogP contribution in [0.5, 0.6) is 0 Å². The Labute approximate surface area is 86.1 Å². The molecule has 1 fully saturated rings. The van der Waals surface area contributed by atoms with Crippen LogP contribution in [0.1, 0.15) is 19.8 Å². The summed E-state index contributed by atoms with van der Waals surface area (Å²) in [6.07, 6.45) is 7.08. The second kappa shape index (κ2) is 5.66. The Morgan fingerprint density at radius 3 is 2.79 bits per heavy atom. The first-order chi connectivity index (χ1) is 6.74. The van der Waals surface area contributed by atoms with Gasteiger partial charge in [-0.15, -0.1) is 12.3 Å². The van der Waals surface area contributed by atoms with Crippen molar-refractivity contribution in [3.8, 4) is 12.3 Å². The highest BCUT2D eigenvalue weighted by Crippen LogP contribution is 2.03. The molecule has 1 amide bonds. The van der Waals surface area contributed by atoms with Crippen molar-refractivity contribution in [2.24, 2.45) is 0 Å². The van der Waals surface area contributed by atoms with Gasteiger partial charge < -0.3 is 9.80 Å². The van der Waals surface area contributed by atoms with Crippen LogP contribution in [0, 0.1) is 12.3 Å². The number of terminal acetylenes is 1. The van der Waals surface area contributed by atoms with E-state index >= 15 is 0 Å². The number of amides is 1. The molecule has 0 saturated carbocycles. The van der Waals surface area contributed by atoms with E-state index in [2.05, 4.69) is 10.8 Å². The van der Waals surface area contributed by atoms with E-state index in [1.807, 2.05) is 4.90 Å².